The number of aryl methyl sites for hydroxylation is 1. The molecular weight excluding hydrogens is 304 g/mol. The third kappa shape index (κ3) is 3.55. The average molecular weight is 324 g/mol. The van der Waals surface area contributed by atoms with Gasteiger partial charge in [0, 0.05) is 7.11 Å². The van der Waals surface area contributed by atoms with Gasteiger partial charge < -0.3 is 19.6 Å². The number of furan rings is 1. The maximum Gasteiger partial charge on any atom is 0.263 e. The molecule has 7 heteroatoms. The number of rotatable bonds is 6. The Morgan fingerprint density at radius 1 is 1.64 bits per heavy atom. The molecule has 0 aliphatic rings. The maximum absolute atomic E-state index is 12.3. The van der Waals surface area contributed by atoms with E-state index in [1.165, 1.54) is 17.6 Å². The van der Waals surface area contributed by atoms with Gasteiger partial charge in [0.05, 0.1) is 18.5 Å². The molecule has 0 fully saturated rings. The highest BCUT2D eigenvalue weighted by Crippen LogP contribution is 2.26. The van der Waals surface area contributed by atoms with Crippen LogP contribution in [0.1, 0.15) is 46.1 Å². The Balaban J connectivity index is 2.05. The molecule has 2 aromatic rings. The second-order valence-corrected chi connectivity index (χ2v) is 6.31. The molecule has 0 radical (unpaired) electrons. The molecule has 0 aliphatic heterocycles. The summed E-state index contributed by atoms with van der Waals surface area (Å²) in [6, 6.07) is 3.36. The van der Waals surface area contributed by atoms with Crippen molar-refractivity contribution in [3.63, 3.8) is 0 Å². The molecule has 120 valence electrons. The van der Waals surface area contributed by atoms with E-state index in [1.54, 1.807) is 33.1 Å². The summed E-state index contributed by atoms with van der Waals surface area (Å²) < 4.78 is 10.4. The van der Waals surface area contributed by atoms with E-state index in [4.69, 9.17) is 9.15 Å². The zero-order valence-corrected chi connectivity index (χ0v) is 13.9. The number of nitrogens with one attached hydrogen (secondary N) is 1. The lowest BCUT2D eigenvalue weighted by Crippen LogP contribution is -2.38. The van der Waals surface area contributed by atoms with Crippen LogP contribution in [0, 0.1) is 6.92 Å². The summed E-state index contributed by atoms with van der Waals surface area (Å²) >= 11 is 1.30. The number of thiazole rings is 1. The van der Waals surface area contributed by atoms with Gasteiger partial charge in [-0.15, -0.1) is 11.3 Å². The van der Waals surface area contributed by atoms with Crippen molar-refractivity contribution in [2.45, 2.75) is 32.5 Å². The molecule has 0 saturated heterocycles. The fourth-order valence-electron chi connectivity index (χ4n) is 1.91. The van der Waals surface area contributed by atoms with Crippen molar-refractivity contribution in [2.24, 2.45) is 0 Å². The Labute approximate surface area is 133 Å². The normalized spacial score (nSPS) is 15.3. The number of aliphatic hydroxyl groups is 1. The predicted molar refractivity (Wildman–Crippen MR) is 82.9 cm³/mol. The Morgan fingerprint density at radius 2 is 2.36 bits per heavy atom. The Bertz CT molecular complexity index is 634. The standard InChI is InChI=1S/C15H20N2O4S/c1-9-12(22-14(17-9)10(2)20-4)13(18)16-8-15(3,19)11-6-5-7-21-11/h5-7,10,19H,8H2,1-4H3,(H,16,18). The lowest BCUT2D eigenvalue weighted by atomic mass is 10.0. The molecule has 2 rings (SSSR count). The summed E-state index contributed by atoms with van der Waals surface area (Å²) in [5.74, 6) is 0.138. The fourth-order valence-corrected chi connectivity index (χ4v) is 2.92. The van der Waals surface area contributed by atoms with E-state index in [0.717, 1.165) is 5.01 Å². The molecule has 2 heterocycles. The summed E-state index contributed by atoms with van der Waals surface area (Å²) in [7, 11) is 1.60. The maximum atomic E-state index is 12.3. The molecule has 0 bridgehead atoms. The van der Waals surface area contributed by atoms with Crippen molar-refractivity contribution >= 4 is 17.2 Å². The van der Waals surface area contributed by atoms with Crippen molar-refractivity contribution in [3.8, 4) is 0 Å². The van der Waals surface area contributed by atoms with Gasteiger partial charge in [-0.1, -0.05) is 0 Å². The van der Waals surface area contributed by atoms with E-state index >= 15 is 0 Å². The molecule has 2 N–H and O–H groups in total. The van der Waals surface area contributed by atoms with Crippen LogP contribution in [0.2, 0.25) is 0 Å². The topological polar surface area (TPSA) is 84.6 Å². The molecule has 2 aromatic heterocycles. The van der Waals surface area contributed by atoms with Crippen LogP contribution in [-0.4, -0.2) is 29.7 Å². The molecule has 22 heavy (non-hydrogen) atoms. The highest BCUT2D eigenvalue weighted by molar-refractivity contribution is 7.13. The predicted octanol–water partition coefficient (Wildman–Crippen LogP) is 2.39. The number of nitrogens with zero attached hydrogens (tertiary/aromatic N) is 1. The van der Waals surface area contributed by atoms with Gasteiger partial charge in [-0.25, -0.2) is 4.98 Å². The van der Waals surface area contributed by atoms with E-state index in [1.807, 2.05) is 6.92 Å². The van der Waals surface area contributed by atoms with Gasteiger partial charge in [0.2, 0.25) is 0 Å². The molecule has 1 amide bonds. The van der Waals surface area contributed by atoms with Gasteiger partial charge in [-0.05, 0) is 32.9 Å². The summed E-state index contributed by atoms with van der Waals surface area (Å²) in [6.07, 6.45) is 1.33. The minimum atomic E-state index is -1.26. The van der Waals surface area contributed by atoms with Crippen molar-refractivity contribution in [1.82, 2.24) is 10.3 Å². The summed E-state index contributed by atoms with van der Waals surface area (Å²) in [5, 5.41) is 13.8. The number of carbonyl (C=O) groups excluding carboxylic acids is 1. The van der Waals surface area contributed by atoms with Crippen LogP contribution in [0.4, 0.5) is 0 Å². The van der Waals surface area contributed by atoms with Crippen LogP contribution in [0.15, 0.2) is 22.8 Å². The number of hydrogen-bond donors (Lipinski definition) is 2. The van der Waals surface area contributed by atoms with Crippen molar-refractivity contribution in [2.75, 3.05) is 13.7 Å². The molecular formula is C15H20N2O4S. The van der Waals surface area contributed by atoms with Gasteiger partial charge >= 0.3 is 0 Å². The van der Waals surface area contributed by atoms with Crippen molar-refractivity contribution in [1.29, 1.82) is 0 Å². The van der Waals surface area contributed by atoms with Crippen LogP contribution in [0.5, 0.6) is 0 Å². The second kappa shape index (κ2) is 6.60. The minimum Gasteiger partial charge on any atom is -0.466 e. The first-order valence-electron chi connectivity index (χ1n) is 6.90. The fraction of sp³-hybridized carbons (Fsp3) is 0.467. The van der Waals surface area contributed by atoms with E-state index in [9.17, 15) is 9.90 Å². The largest absolute Gasteiger partial charge is 0.466 e. The van der Waals surface area contributed by atoms with Gasteiger partial charge in [0.1, 0.15) is 27.4 Å². The average Bonchev–Trinajstić information content (AvgIpc) is 3.13. The summed E-state index contributed by atoms with van der Waals surface area (Å²) in [6.45, 7) is 5.29. The highest BCUT2D eigenvalue weighted by Gasteiger charge is 2.28. The number of methoxy groups -OCH3 is 1. The molecule has 2 unspecified atom stereocenters. The van der Waals surface area contributed by atoms with Crippen LogP contribution >= 0.6 is 11.3 Å². The Kier molecular flexibility index (Phi) is 5.00. The zero-order chi connectivity index (χ0) is 16.3. The third-order valence-electron chi connectivity index (χ3n) is 3.37. The molecule has 6 nitrogen and oxygen atoms in total. The Morgan fingerprint density at radius 3 is 2.95 bits per heavy atom. The first kappa shape index (κ1) is 16.7. The number of ether oxygens (including phenoxy) is 1. The number of hydrogen-bond acceptors (Lipinski definition) is 6. The van der Waals surface area contributed by atoms with E-state index in [-0.39, 0.29) is 18.6 Å². The van der Waals surface area contributed by atoms with Crippen LogP contribution in [0.3, 0.4) is 0 Å². The van der Waals surface area contributed by atoms with E-state index < -0.39 is 5.60 Å². The molecule has 0 spiro atoms. The quantitative estimate of drug-likeness (QED) is 0.852. The van der Waals surface area contributed by atoms with E-state index in [0.29, 0.717) is 16.3 Å². The van der Waals surface area contributed by atoms with Crippen LogP contribution in [0.25, 0.3) is 0 Å². The SMILES string of the molecule is COC(C)c1nc(C)c(C(=O)NCC(C)(O)c2ccco2)s1. The first-order valence-corrected chi connectivity index (χ1v) is 7.71. The van der Waals surface area contributed by atoms with Crippen LogP contribution in [-0.2, 0) is 10.3 Å². The van der Waals surface area contributed by atoms with Crippen molar-refractivity contribution in [3.05, 3.63) is 39.7 Å². The van der Waals surface area contributed by atoms with Gasteiger partial charge in [0.25, 0.3) is 5.91 Å². The molecule has 2 atom stereocenters. The number of aromatic nitrogens is 1. The molecule has 0 aromatic carbocycles. The first-order chi connectivity index (χ1) is 10.3. The lowest BCUT2D eigenvalue weighted by molar-refractivity contribution is 0.0331. The lowest BCUT2D eigenvalue weighted by Gasteiger charge is -2.20. The number of amides is 1. The molecule has 0 aliphatic carbocycles. The highest BCUT2D eigenvalue weighted by atomic mass is 32.1. The second-order valence-electron chi connectivity index (χ2n) is 5.28. The van der Waals surface area contributed by atoms with Crippen molar-refractivity contribution < 1.29 is 19.1 Å². The summed E-state index contributed by atoms with van der Waals surface area (Å²) in [4.78, 5) is 17.2. The Hall–Kier alpha value is -1.70. The molecule has 0 saturated carbocycles. The third-order valence-corrected chi connectivity index (χ3v) is 4.68. The monoisotopic (exact) mass is 324 g/mol. The zero-order valence-electron chi connectivity index (χ0n) is 13.0. The van der Waals surface area contributed by atoms with Gasteiger partial charge in [-0.3, -0.25) is 4.79 Å². The van der Waals surface area contributed by atoms with Gasteiger partial charge in [0.15, 0.2) is 0 Å². The smallest absolute Gasteiger partial charge is 0.263 e. The van der Waals surface area contributed by atoms with Crippen LogP contribution < -0.4 is 5.32 Å². The summed E-state index contributed by atoms with van der Waals surface area (Å²) in [5.41, 5.74) is -0.612. The van der Waals surface area contributed by atoms with Gasteiger partial charge in [-0.2, -0.15) is 0 Å². The van der Waals surface area contributed by atoms with E-state index in [2.05, 4.69) is 10.3 Å². The minimum absolute atomic E-state index is 0.0475. The number of carbonyl (C=O) groups is 1.